The van der Waals surface area contributed by atoms with Crippen molar-refractivity contribution >= 4 is 44.6 Å². The molecule has 8 aromatic rings. The maximum atomic E-state index is 6.99. The van der Waals surface area contributed by atoms with Crippen LogP contribution in [0.5, 0.6) is 11.5 Å². The van der Waals surface area contributed by atoms with Gasteiger partial charge in [-0.15, -0.1) is 35.2 Å². The third kappa shape index (κ3) is 7.20. The number of aromatic nitrogens is 2. The van der Waals surface area contributed by atoms with Gasteiger partial charge in [-0.05, 0) is 85.9 Å². The molecule has 4 heterocycles. The molecule has 1 saturated heterocycles. The molecule has 10 rings (SSSR count). The number of para-hydroxylation sites is 1. The molecule has 0 spiro atoms. The van der Waals surface area contributed by atoms with E-state index in [9.17, 15) is 0 Å². The van der Waals surface area contributed by atoms with Crippen LogP contribution in [-0.2, 0) is 42.7 Å². The molecule has 2 atom stereocenters. The van der Waals surface area contributed by atoms with Gasteiger partial charge < -0.3 is 9.30 Å². The minimum atomic E-state index is -0.163. The number of hydrogen-bond donors (Lipinski definition) is 0. The summed E-state index contributed by atoms with van der Waals surface area (Å²) in [6.45, 7) is 30.1. The minimum absolute atomic E-state index is 0. The summed E-state index contributed by atoms with van der Waals surface area (Å²) in [5, 5.41) is 2.26. The van der Waals surface area contributed by atoms with Crippen molar-refractivity contribution in [2.24, 2.45) is 0 Å². The fraction of sp³-hybridized carbons (Fsp3) is 0.300. The Labute approximate surface area is 407 Å². The molecule has 340 valence electrons. The average molecular weight is 1050 g/mol. The Morgan fingerprint density at radius 3 is 1.94 bits per heavy atom. The van der Waals surface area contributed by atoms with Crippen LogP contribution in [0.2, 0.25) is 0 Å². The summed E-state index contributed by atoms with van der Waals surface area (Å²) in [4.78, 5) is 4.92. The van der Waals surface area contributed by atoms with E-state index < -0.39 is 0 Å². The smallest absolute Gasteiger partial charge is 0.225 e. The number of benzene rings is 6. The predicted octanol–water partition coefficient (Wildman–Crippen LogP) is 16.5. The van der Waals surface area contributed by atoms with Gasteiger partial charge in [0.2, 0.25) is 11.4 Å². The normalized spacial score (nSPS) is 18.1. The van der Waals surface area contributed by atoms with E-state index in [-0.39, 0.29) is 42.7 Å². The van der Waals surface area contributed by atoms with E-state index in [1.807, 2.05) is 12.3 Å². The van der Waals surface area contributed by atoms with E-state index in [4.69, 9.17) is 9.72 Å². The van der Waals surface area contributed by atoms with Crippen LogP contribution in [0.25, 0.3) is 38.8 Å². The number of hydrogen-bond acceptors (Lipinski definition) is 2. The molecule has 0 radical (unpaired) electrons. The molecule has 1 unspecified atom stereocenters. The summed E-state index contributed by atoms with van der Waals surface area (Å²) in [6.07, 6.45) is 4.08. The molecule has 2 aliphatic rings. The third-order valence-corrected chi connectivity index (χ3v) is 14.7. The Hall–Kier alpha value is -5.32. The zero-order chi connectivity index (χ0) is 45.9. The van der Waals surface area contributed by atoms with E-state index in [1.54, 1.807) is 0 Å². The molecule has 2 aromatic heterocycles. The number of nitrogens with zero attached hydrogens (tertiary/aromatic N) is 4. The maximum Gasteiger partial charge on any atom is 0.225 e. The molecule has 0 aliphatic carbocycles. The molecular weight excluding hydrogens is 988 g/mol. The Balaban J connectivity index is 0.00000548. The van der Waals surface area contributed by atoms with Crippen molar-refractivity contribution in [3.8, 4) is 28.4 Å². The fourth-order valence-corrected chi connectivity index (χ4v) is 10.0. The van der Waals surface area contributed by atoms with Gasteiger partial charge >= 0.3 is 0 Å². The number of fused-ring (bicyclic) bond motifs is 7. The van der Waals surface area contributed by atoms with Crippen molar-refractivity contribution in [2.45, 2.75) is 118 Å². The predicted molar refractivity (Wildman–Crippen MR) is 272 cm³/mol. The van der Waals surface area contributed by atoms with Crippen molar-refractivity contribution in [2.75, 3.05) is 0 Å². The van der Waals surface area contributed by atoms with Gasteiger partial charge in [-0.3, -0.25) is 0 Å². The molecule has 5 nitrogen and oxygen atoms in total. The van der Waals surface area contributed by atoms with Crippen LogP contribution < -0.4 is 13.9 Å². The average Bonchev–Trinajstić information content (AvgIpc) is 3.78. The molecule has 6 heteroatoms. The van der Waals surface area contributed by atoms with Gasteiger partial charge in [-0.2, -0.15) is 10.7 Å². The second kappa shape index (κ2) is 15.9. The monoisotopic (exact) mass is 1050 g/mol. The van der Waals surface area contributed by atoms with Crippen molar-refractivity contribution in [1.82, 2.24) is 18.7 Å². The quantitative estimate of drug-likeness (QED) is 0.0818. The van der Waals surface area contributed by atoms with Crippen molar-refractivity contribution in [1.29, 1.82) is 0 Å². The summed E-state index contributed by atoms with van der Waals surface area (Å²) >= 11 is 0. The number of pyridine rings is 1. The fourth-order valence-electron chi connectivity index (χ4n) is 10.0. The van der Waals surface area contributed by atoms with Gasteiger partial charge in [0.05, 0.1) is 5.69 Å². The standard InChI is InChI=1S/C60H63N4O.Pt/c1-13-60(12,14-2)43-24-27-54-55(35-43)64(46-31-41(40-20-16-15-17-21-40)30-44(32-46)58(6,7)8)39-63(54,64)47-33-45(59(9,10)11)34-49(37-47)65-48-25-26-51-50-22-18-19-23-52(50)62(53(51)38-48)56-36-42(28-29-61-56)57(3,4)5;/h15-36,39H,13-14H2,1-12H3;/q-1;/t63?,64-;/m0./s1. The summed E-state index contributed by atoms with van der Waals surface area (Å²) in [6, 6.07) is 54.6. The van der Waals surface area contributed by atoms with Gasteiger partial charge in [0.25, 0.3) is 0 Å². The summed E-state index contributed by atoms with van der Waals surface area (Å²) in [7, 11) is 0. The van der Waals surface area contributed by atoms with Crippen LogP contribution >= 0.6 is 0 Å². The Kier molecular flexibility index (Phi) is 11.0. The van der Waals surface area contributed by atoms with Crippen molar-refractivity contribution < 1.29 is 25.8 Å². The van der Waals surface area contributed by atoms with Gasteiger partial charge in [0.15, 0.2) is 12.4 Å². The first-order valence-corrected chi connectivity index (χ1v) is 23.5. The second-order valence-electron chi connectivity index (χ2n) is 21.9. The zero-order valence-electron chi connectivity index (χ0n) is 40.7. The molecule has 2 aliphatic heterocycles. The zero-order valence-corrected chi connectivity index (χ0v) is 43.0. The van der Waals surface area contributed by atoms with Crippen LogP contribution in [0.4, 0.5) is 22.7 Å². The summed E-state index contributed by atoms with van der Waals surface area (Å²) in [5.41, 5.74) is 14.3. The molecular formula is C60H63N4OPt-. The first kappa shape index (κ1) is 45.8. The summed E-state index contributed by atoms with van der Waals surface area (Å²) < 4.78 is 10.3. The van der Waals surface area contributed by atoms with Crippen molar-refractivity contribution in [3.05, 3.63) is 175 Å². The molecule has 0 amide bonds. The van der Waals surface area contributed by atoms with E-state index in [0.29, 0.717) is 20.7 Å². The molecule has 0 N–H and O–H groups in total. The Bertz CT molecular complexity index is 3160. The van der Waals surface area contributed by atoms with Crippen molar-refractivity contribution in [3.63, 3.8) is 0 Å². The van der Waals surface area contributed by atoms with E-state index in [2.05, 4.69) is 228 Å². The van der Waals surface area contributed by atoms with Gasteiger partial charge in [0, 0.05) is 68.5 Å². The Morgan fingerprint density at radius 2 is 1.24 bits per heavy atom. The summed E-state index contributed by atoms with van der Waals surface area (Å²) in [5.74, 6) is 2.17. The maximum absolute atomic E-state index is 6.99. The molecule has 0 bridgehead atoms. The molecule has 0 saturated carbocycles. The number of ether oxygens (including phenoxy) is 1. The van der Waals surface area contributed by atoms with E-state index in [1.165, 1.54) is 50.4 Å². The van der Waals surface area contributed by atoms with E-state index >= 15 is 0 Å². The minimum Gasteiger partial charge on any atom is -0.509 e. The second-order valence-corrected chi connectivity index (χ2v) is 21.9. The molecule has 66 heavy (non-hydrogen) atoms. The Morgan fingerprint density at radius 1 is 0.561 bits per heavy atom. The largest absolute Gasteiger partial charge is 0.509 e. The topological polar surface area (TPSA) is 27.1 Å². The van der Waals surface area contributed by atoms with Crippen LogP contribution in [0.15, 0.2) is 134 Å². The number of quaternary nitrogens is 2. The molecule has 6 aromatic carbocycles. The van der Waals surface area contributed by atoms with Crippen LogP contribution in [0.1, 0.15) is 118 Å². The third-order valence-electron chi connectivity index (χ3n) is 14.7. The number of rotatable bonds is 9. The van der Waals surface area contributed by atoms with Crippen LogP contribution in [0, 0.1) is 18.8 Å². The first-order valence-electron chi connectivity index (χ1n) is 23.5. The molecule has 1 fully saturated rings. The van der Waals surface area contributed by atoms with Gasteiger partial charge in [-0.25, -0.2) is 9.58 Å². The first-order chi connectivity index (χ1) is 30.8. The van der Waals surface area contributed by atoms with Crippen LogP contribution in [-0.4, -0.2) is 9.55 Å². The van der Waals surface area contributed by atoms with Gasteiger partial charge in [0.1, 0.15) is 5.82 Å². The van der Waals surface area contributed by atoms with Gasteiger partial charge in [-0.1, -0.05) is 155 Å². The van der Waals surface area contributed by atoms with Crippen LogP contribution in [0.3, 0.4) is 0 Å². The van der Waals surface area contributed by atoms with E-state index in [0.717, 1.165) is 46.2 Å². The SMILES string of the molecule is CCC(C)(CC)c1ccc2c(c1)[N@@+]1(c3cc(-c4ccccc4)cc(C(C)(C)C)c3)[CH-][N+]21c1[c-]c(Oc2[c-]c3c(cc2)c2ccccc2n3-c2cc(C(C)(C)C)ccn2)cc(C(C)(C)C)c1.[Pt].